The molecule has 0 fully saturated rings. The van der Waals surface area contributed by atoms with E-state index >= 15 is 0 Å². The van der Waals surface area contributed by atoms with Crippen molar-refractivity contribution in [2.24, 2.45) is 11.1 Å². The van der Waals surface area contributed by atoms with Crippen LogP contribution in [-0.2, 0) is 11.3 Å². The van der Waals surface area contributed by atoms with E-state index in [9.17, 15) is 4.79 Å². The number of carbonyl (C=O) groups excluding carboxylic acids is 1. The molecule has 106 valence electrons. The van der Waals surface area contributed by atoms with E-state index in [-0.39, 0.29) is 25.1 Å². The van der Waals surface area contributed by atoms with E-state index < -0.39 is 5.41 Å². The zero-order valence-corrected chi connectivity index (χ0v) is 11.9. The van der Waals surface area contributed by atoms with Crippen molar-refractivity contribution in [2.75, 3.05) is 13.3 Å². The first-order chi connectivity index (χ1) is 8.54. The molecule has 1 amide bonds. The lowest BCUT2D eigenvalue weighted by atomic mass is 9.92. The third kappa shape index (κ3) is 3.30. The molecule has 1 aliphatic heterocycles. The molecule has 1 aromatic rings. The van der Waals surface area contributed by atoms with E-state index in [1.165, 1.54) is 0 Å². The highest BCUT2D eigenvalue weighted by atomic mass is 35.5. The molecule has 0 atom stereocenters. The lowest BCUT2D eigenvalue weighted by Gasteiger charge is -2.21. The largest absolute Gasteiger partial charge is 0.454 e. The van der Waals surface area contributed by atoms with Crippen LogP contribution in [0, 0.1) is 5.41 Å². The summed E-state index contributed by atoms with van der Waals surface area (Å²) >= 11 is 0. The molecule has 5 nitrogen and oxygen atoms in total. The molecular formula is C13H19ClN2O3. The molecule has 1 aromatic carbocycles. The van der Waals surface area contributed by atoms with E-state index in [0.29, 0.717) is 18.8 Å². The number of amides is 1. The predicted octanol–water partition coefficient (Wildman–Crippen LogP) is 1.44. The van der Waals surface area contributed by atoms with Gasteiger partial charge < -0.3 is 20.5 Å². The summed E-state index contributed by atoms with van der Waals surface area (Å²) in [6.45, 7) is 4.59. The number of nitrogens with one attached hydrogen (secondary N) is 1. The van der Waals surface area contributed by atoms with Crippen LogP contribution in [0.1, 0.15) is 19.4 Å². The lowest BCUT2D eigenvalue weighted by molar-refractivity contribution is -0.129. The molecule has 0 radical (unpaired) electrons. The highest BCUT2D eigenvalue weighted by Gasteiger charge is 2.26. The van der Waals surface area contributed by atoms with Crippen molar-refractivity contribution in [3.8, 4) is 11.5 Å². The molecule has 19 heavy (non-hydrogen) atoms. The number of fused-ring (bicyclic) bond motifs is 1. The summed E-state index contributed by atoms with van der Waals surface area (Å²) in [6.07, 6.45) is 0. The van der Waals surface area contributed by atoms with Gasteiger partial charge in [-0.25, -0.2) is 0 Å². The van der Waals surface area contributed by atoms with Gasteiger partial charge in [0, 0.05) is 18.7 Å². The second-order valence-corrected chi connectivity index (χ2v) is 4.92. The van der Waals surface area contributed by atoms with Gasteiger partial charge in [0.1, 0.15) is 0 Å². The Morgan fingerprint density at radius 3 is 2.84 bits per heavy atom. The van der Waals surface area contributed by atoms with Crippen molar-refractivity contribution in [3.05, 3.63) is 23.8 Å². The number of rotatable bonds is 4. The normalized spacial score (nSPS) is 12.8. The first-order valence-corrected chi connectivity index (χ1v) is 5.90. The topological polar surface area (TPSA) is 73.6 Å². The van der Waals surface area contributed by atoms with Crippen molar-refractivity contribution in [1.82, 2.24) is 5.32 Å². The number of carbonyl (C=O) groups is 1. The molecule has 0 saturated heterocycles. The van der Waals surface area contributed by atoms with Gasteiger partial charge in [0.05, 0.1) is 5.41 Å². The van der Waals surface area contributed by atoms with Crippen LogP contribution >= 0.6 is 12.4 Å². The van der Waals surface area contributed by atoms with Crippen LogP contribution in [0.4, 0.5) is 0 Å². The summed E-state index contributed by atoms with van der Waals surface area (Å²) < 4.78 is 10.7. The van der Waals surface area contributed by atoms with Gasteiger partial charge in [-0.1, -0.05) is 12.1 Å². The maximum absolute atomic E-state index is 11.9. The molecule has 3 N–H and O–H groups in total. The molecule has 1 heterocycles. The number of para-hydroxylation sites is 1. The fraction of sp³-hybridized carbons (Fsp3) is 0.462. The van der Waals surface area contributed by atoms with Crippen LogP contribution in [0.25, 0.3) is 0 Å². The minimum atomic E-state index is -0.560. The predicted molar refractivity (Wildman–Crippen MR) is 74.5 cm³/mol. The van der Waals surface area contributed by atoms with Gasteiger partial charge in [-0.2, -0.15) is 0 Å². The molecule has 1 aliphatic rings. The average Bonchev–Trinajstić information content (AvgIpc) is 2.84. The van der Waals surface area contributed by atoms with Gasteiger partial charge in [-0.05, 0) is 19.9 Å². The zero-order chi connectivity index (χ0) is 13.2. The molecule has 0 saturated carbocycles. The number of hydrogen-bond acceptors (Lipinski definition) is 4. The first kappa shape index (κ1) is 15.6. The molecule has 0 bridgehead atoms. The summed E-state index contributed by atoms with van der Waals surface area (Å²) in [5.74, 6) is 1.37. The van der Waals surface area contributed by atoms with Crippen LogP contribution in [-0.4, -0.2) is 19.2 Å². The Hall–Kier alpha value is -1.46. The second-order valence-electron chi connectivity index (χ2n) is 4.92. The molecule has 0 spiro atoms. The first-order valence-electron chi connectivity index (χ1n) is 5.90. The van der Waals surface area contributed by atoms with Crippen molar-refractivity contribution in [1.29, 1.82) is 0 Å². The summed E-state index contributed by atoms with van der Waals surface area (Å²) in [7, 11) is 0. The Morgan fingerprint density at radius 2 is 2.16 bits per heavy atom. The van der Waals surface area contributed by atoms with Gasteiger partial charge in [-0.3, -0.25) is 4.79 Å². The van der Waals surface area contributed by atoms with E-state index in [2.05, 4.69) is 5.32 Å². The Labute approximate surface area is 118 Å². The van der Waals surface area contributed by atoms with Gasteiger partial charge >= 0.3 is 0 Å². The highest BCUT2D eigenvalue weighted by molar-refractivity contribution is 5.85. The lowest BCUT2D eigenvalue weighted by Crippen LogP contribution is -2.41. The summed E-state index contributed by atoms with van der Waals surface area (Å²) in [5.41, 5.74) is 5.91. The minimum absolute atomic E-state index is 0. The standard InChI is InChI=1S/C13H18N2O3.ClH/c1-13(2,7-14)12(16)15-6-9-4-3-5-10-11(9)18-8-17-10;/h3-5H,6-8,14H2,1-2H3,(H,15,16);1H. The van der Waals surface area contributed by atoms with Crippen molar-refractivity contribution in [2.45, 2.75) is 20.4 Å². The fourth-order valence-electron chi connectivity index (χ4n) is 1.64. The molecule has 0 unspecified atom stereocenters. The second kappa shape index (κ2) is 6.12. The monoisotopic (exact) mass is 286 g/mol. The van der Waals surface area contributed by atoms with E-state index in [4.69, 9.17) is 15.2 Å². The Bertz CT molecular complexity index is 463. The molecule has 0 aliphatic carbocycles. The summed E-state index contributed by atoms with van der Waals surface area (Å²) in [4.78, 5) is 11.9. The van der Waals surface area contributed by atoms with Crippen molar-refractivity contribution < 1.29 is 14.3 Å². The Morgan fingerprint density at radius 1 is 1.42 bits per heavy atom. The maximum Gasteiger partial charge on any atom is 0.231 e. The zero-order valence-electron chi connectivity index (χ0n) is 11.1. The van der Waals surface area contributed by atoms with Crippen LogP contribution in [0.15, 0.2) is 18.2 Å². The number of ether oxygens (including phenoxy) is 2. The van der Waals surface area contributed by atoms with E-state index in [0.717, 1.165) is 11.3 Å². The van der Waals surface area contributed by atoms with Crippen LogP contribution < -0.4 is 20.5 Å². The fourth-order valence-corrected chi connectivity index (χ4v) is 1.64. The van der Waals surface area contributed by atoms with Crippen molar-refractivity contribution >= 4 is 18.3 Å². The SMILES string of the molecule is CC(C)(CN)C(=O)NCc1cccc2c1OCO2.Cl. The Kier molecular flexibility index (Phi) is 5.03. The maximum atomic E-state index is 11.9. The third-order valence-electron chi connectivity index (χ3n) is 3.04. The van der Waals surface area contributed by atoms with E-state index in [1.54, 1.807) is 0 Å². The van der Waals surface area contributed by atoms with Crippen LogP contribution in [0.2, 0.25) is 0 Å². The number of halogens is 1. The van der Waals surface area contributed by atoms with E-state index in [1.807, 2.05) is 32.0 Å². The van der Waals surface area contributed by atoms with Crippen LogP contribution in [0.5, 0.6) is 11.5 Å². The van der Waals surface area contributed by atoms with Crippen LogP contribution in [0.3, 0.4) is 0 Å². The molecule has 6 heteroatoms. The molecule has 0 aromatic heterocycles. The number of nitrogens with two attached hydrogens (primary N) is 1. The third-order valence-corrected chi connectivity index (χ3v) is 3.04. The highest BCUT2D eigenvalue weighted by Crippen LogP contribution is 2.35. The van der Waals surface area contributed by atoms with Gasteiger partial charge in [0.2, 0.25) is 12.7 Å². The van der Waals surface area contributed by atoms with Gasteiger partial charge in [0.25, 0.3) is 0 Å². The van der Waals surface area contributed by atoms with Crippen molar-refractivity contribution in [3.63, 3.8) is 0 Å². The smallest absolute Gasteiger partial charge is 0.231 e. The van der Waals surface area contributed by atoms with Gasteiger partial charge in [-0.15, -0.1) is 12.4 Å². The number of hydrogen-bond donors (Lipinski definition) is 2. The van der Waals surface area contributed by atoms with Gasteiger partial charge in [0.15, 0.2) is 11.5 Å². The average molecular weight is 287 g/mol. The molecular weight excluding hydrogens is 268 g/mol. The quantitative estimate of drug-likeness (QED) is 0.878. The minimum Gasteiger partial charge on any atom is -0.454 e. The number of benzene rings is 1. The Balaban J connectivity index is 0.00000180. The molecule has 2 rings (SSSR count). The summed E-state index contributed by atoms with van der Waals surface area (Å²) in [5, 5.41) is 2.87. The summed E-state index contributed by atoms with van der Waals surface area (Å²) in [6, 6.07) is 5.63.